The van der Waals surface area contributed by atoms with E-state index in [0.29, 0.717) is 10.7 Å². The number of halogens is 1. The van der Waals surface area contributed by atoms with Gasteiger partial charge in [0.05, 0.1) is 6.20 Å². The van der Waals surface area contributed by atoms with Crippen LogP contribution in [0.5, 0.6) is 0 Å². The summed E-state index contributed by atoms with van der Waals surface area (Å²) in [6.45, 7) is 1.65. The Morgan fingerprint density at radius 1 is 1.28 bits per heavy atom. The molecule has 96 valence electrons. The van der Waals surface area contributed by atoms with E-state index in [0.717, 1.165) is 18.7 Å². The third-order valence-corrected chi connectivity index (χ3v) is 2.86. The summed E-state index contributed by atoms with van der Waals surface area (Å²) in [5.74, 6) is 0. The molecule has 1 aromatic carbocycles. The van der Waals surface area contributed by atoms with E-state index in [1.165, 1.54) is 5.56 Å². The molecule has 0 atom stereocenters. The number of nitrogens with zero attached hydrogens (tertiary/aromatic N) is 3. The van der Waals surface area contributed by atoms with Gasteiger partial charge in [-0.1, -0.05) is 11.6 Å². The van der Waals surface area contributed by atoms with Crippen LogP contribution >= 0.6 is 11.6 Å². The molecule has 1 heterocycles. The SMILES string of the molecule is CN(Cc1cc(N)cc(Cl)c1)Cc1cnn(C)c1. The predicted molar refractivity (Wildman–Crippen MR) is 74.2 cm³/mol. The zero-order valence-electron chi connectivity index (χ0n) is 10.6. The molecule has 0 amide bonds. The molecule has 4 nitrogen and oxygen atoms in total. The van der Waals surface area contributed by atoms with Gasteiger partial charge in [-0.3, -0.25) is 9.58 Å². The Labute approximate surface area is 112 Å². The molecular formula is C13H17ClN4. The van der Waals surface area contributed by atoms with Gasteiger partial charge in [-0.05, 0) is 30.8 Å². The molecule has 0 aliphatic carbocycles. The Bertz CT molecular complexity index is 515. The average Bonchev–Trinajstić information content (AvgIpc) is 2.61. The van der Waals surface area contributed by atoms with Crippen LogP contribution in [0.4, 0.5) is 5.69 Å². The number of aromatic nitrogens is 2. The standard InChI is InChI=1S/C13H17ClN4/c1-17(8-11-6-16-18(2)9-11)7-10-3-12(14)5-13(15)4-10/h3-6,9H,7-8,15H2,1-2H3. The van der Waals surface area contributed by atoms with Crippen molar-refractivity contribution in [2.24, 2.45) is 7.05 Å². The van der Waals surface area contributed by atoms with Gasteiger partial charge in [0.15, 0.2) is 0 Å². The molecule has 0 aliphatic rings. The predicted octanol–water partition coefficient (Wildman–Crippen LogP) is 2.29. The smallest absolute Gasteiger partial charge is 0.0534 e. The molecule has 0 radical (unpaired) electrons. The second-order valence-electron chi connectivity index (χ2n) is 4.59. The van der Waals surface area contributed by atoms with Crippen molar-refractivity contribution in [3.63, 3.8) is 0 Å². The van der Waals surface area contributed by atoms with E-state index in [9.17, 15) is 0 Å². The highest BCUT2D eigenvalue weighted by Crippen LogP contribution is 2.18. The van der Waals surface area contributed by atoms with Crippen molar-refractivity contribution in [3.05, 3.63) is 46.7 Å². The lowest BCUT2D eigenvalue weighted by Gasteiger charge is -2.16. The summed E-state index contributed by atoms with van der Waals surface area (Å²) in [4.78, 5) is 2.20. The summed E-state index contributed by atoms with van der Waals surface area (Å²) in [7, 11) is 3.98. The van der Waals surface area contributed by atoms with Crippen molar-refractivity contribution >= 4 is 17.3 Å². The Kier molecular flexibility index (Phi) is 3.89. The lowest BCUT2D eigenvalue weighted by molar-refractivity contribution is 0.319. The molecule has 0 unspecified atom stereocenters. The van der Waals surface area contributed by atoms with Crippen molar-refractivity contribution < 1.29 is 0 Å². The minimum absolute atomic E-state index is 0.680. The van der Waals surface area contributed by atoms with Crippen LogP contribution in [0.2, 0.25) is 5.02 Å². The second-order valence-corrected chi connectivity index (χ2v) is 5.02. The maximum absolute atomic E-state index is 5.99. The summed E-state index contributed by atoms with van der Waals surface area (Å²) in [6, 6.07) is 5.65. The van der Waals surface area contributed by atoms with Crippen LogP contribution in [0.3, 0.4) is 0 Å². The first kappa shape index (κ1) is 12.9. The van der Waals surface area contributed by atoms with Gasteiger partial charge < -0.3 is 5.73 Å². The first-order chi connectivity index (χ1) is 8.52. The first-order valence-corrected chi connectivity index (χ1v) is 6.12. The Morgan fingerprint density at radius 3 is 2.61 bits per heavy atom. The minimum atomic E-state index is 0.680. The average molecular weight is 265 g/mol. The van der Waals surface area contributed by atoms with Crippen molar-refractivity contribution in [2.45, 2.75) is 13.1 Å². The van der Waals surface area contributed by atoms with Gasteiger partial charge in [0.2, 0.25) is 0 Å². The number of benzene rings is 1. The van der Waals surface area contributed by atoms with Gasteiger partial charge in [-0.2, -0.15) is 5.10 Å². The van der Waals surface area contributed by atoms with Crippen LogP contribution in [0.15, 0.2) is 30.6 Å². The van der Waals surface area contributed by atoms with Crippen molar-refractivity contribution in [2.75, 3.05) is 12.8 Å². The van der Waals surface area contributed by atoms with Gasteiger partial charge in [-0.25, -0.2) is 0 Å². The molecule has 0 spiro atoms. The van der Waals surface area contributed by atoms with Gasteiger partial charge in [0.1, 0.15) is 0 Å². The fraction of sp³-hybridized carbons (Fsp3) is 0.308. The third kappa shape index (κ3) is 3.48. The van der Waals surface area contributed by atoms with E-state index >= 15 is 0 Å². The van der Waals surface area contributed by atoms with E-state index in [1.54, 1.807) is 10.7 Å². The van der Waals surface area contributed by atoms with Crippen LogP contribution in [0.25, 0.3) is 0 Å². The topological polar surface area (TPSA) is 47.1 Å². The minimum Gasteiger partial charge on any atom is -0.399 e. The molecule has 2 aromatic rings. The summed E-state index contributed by atoms with van der Waals surface area (Å²) >= 11 is 5.99. The number of nitrogen functional groups attached to an aromatic ring is 1. The summed E-state index contributed by atoms with van der Waals surface area (Å²) in [5.41, 5.74) is 8.78. The number of nitrogens with two attached hydrogens (primary N) is 1. The maximum Gasteiger partial charge on any atom is 0.0534 e. The van der Waals surface area contributed by atoms with E-state index in [4.69, 9.17) is 17.3 Å². The highest BCUT2D eigenvalue weighted by Gasteiger charge is 2.05. The molecule has 0 bridgehead atoms. The fourth-order valence-electron chi connectivity index (χ4n) is 2.00. The molecule has 0 saturated carbocycles. The number of hydrogen-bond acceptors (Lipinski definition) is 3. The van der Waals surface area contributed by atoms with Gasteiger partial charge in [0.25, 0.3) is 0 Å². The number of anilines is 1. The molecule has 0 aliphatic heterocycles. The lowest BCUT2D eigenvalue weighted by atomic mass is 10.2. The van der Waals surface area contributed by atoms with Gasteiger partial charge >= 0.3 is 0 Å². The molecule has 1 aromatic heterocycles. The molecule has 0 fully saturated rings. The van der Waals surface area contributed by atoms with Crippen LogP contribution < -0.4 is 5.73 Å². The summed E-state index contributed by atoms with van der Waals surface area (Å²) in [6.07, 6.45) is 3.89. The highest BCUT2D eigenvalue weighted by molar-refractivity contribution is 6.30. The van der Waals surface area contributed by atoms with Gasteiger partial charge in [0, 0.05) is 42.6 Å². The second kappa shape index (κ2) is 5.42. The monoisotopic (exact) mass is 264 g/mol. The molecule has 18 heavy (non-hydrogen) atoms. The van der Waals surface area contributed by atoms with E-state index in [2.05, 4.69) is 17.0 Å². The Hall–Kier alpha value is -1.52. The fourth-order valence-corrected chi connectivity index (χ4v) is 2.27. The number of rotatable bonds is 4. The van der Waals surface area contributed by atoms with Crippen molar-refractivity contribution in [1.29, 1.82) is 0 Å². The largest absolute Gasteiger partial charge is 0.399 e. The normalized spacial score (nSPS) is 11.1. The van der Waals surface area contributed by atoms with Crippen LogP contribution in [-0.4, -0.2) is 21.7 Å². The van der Waals surface area contributed by atoms with Gasteiger partial charge in [-0.15, -0.1) is 0 Å². The van der Waals surface area contributed by atoms with E-state index in [-0.39, 0.29) is 0 Å². The van der Waals surface area contributed by atoms with Crippen LogP contribution in [0, 0.1) is 0 Å². The zero-order chi connectivity index (χ0) is 13.1. The third-order valence-electron chi connectivity index (χ3n) is 2.64. The van der Waals surface area contributed by atoms with Crippen molar-refractivity contribution in [3.8, 4) is 0 Å². The molecule has 5 heteroatoms. The van der Waals surface area contributed by atoms with Crippen LogP contribution in [-0.2, 0) is 20.1 Å². The Morgan fingerprint density at radius 2 is 2.00 bits per heavy atom. The summed E-state index contributed by atoms with van der Waals surface area (Å²) < 4.78 is 1.81. The number of hydrogen-bond donors (Lipinski definition) is 1. The maximum atomic E-state index is 5.99. The van der Waals surface area contributed by atoms with Crippen LogP contribution in [0.1, 0.15) is 11.1 Å². The van der Waals surface area contributed by atoms with E-state index in [1.807, 2.05) is 31.6 Å². The number of aryl methyl sites for hydroxylation is 1. The first-order valence-electron chi connectivity index (χ1n) is 5.74. The molecule has 2 rings (SSSR count). The summed E-state index contributed by atoms with van der Waals surface area (Å²) in [5, 5.41) is 4.83. The zero-order valence-corrected chi connectivity index (χ0v) is 11.4. The highest BCUT2D eigenvalue weighted by atomic mass is 35.5. The molecular weight excluding hydrogens is 248 g/mol. The Balaban J connectivity index is 2.00. The molecule has 2 N–H and O–H groups in total. The molecule has 0 saturated heterocycles. The quantitative estimate of drug-likeness (QED) is 0.862. The lowest BCUT2D eigenvalue weighted by Crippen LogP contribution is -2.17. The van der Waals surface area contributed by atoms with Crippen molar-refractivity contribution in [1.82, 2.24) is 14.7 Å². The van der Waals surface area contributed by atoms with E-state index < -0.39 is 0 Å².